The van der Waals surface area contributed by atoms with E-state index in [-0.39, 0.29) is 11.9 Å². The lowest BCUT2D eigenvalue weighted by Gasteiger charge is -2.38. The summed E-state index contributed by atoms with van der Waals surface area (Å²) < 4.78 is 5.62. The number of amides is 1. The maximum Gasteiger partial charge on any atom is 0.224 e. The second-order valence-electron chi connectivity index (χ2n) is 8.17. The molecule has 1 heterocycles. The summed E-state index contributed by atoms with van der Waals surface area (Å²) in [6.07, 6.45) is 6.16. The van der Waals surface area contributed by atoms with Gasteiger partial charge in [-0.05, 0) is 48.1 Å². The smallest absolute Gasteiger partial charge is 0.224 e. The van der Waals surface area contributed by atoms with Crippen molar-refractivity contribution in [1.82, 2.24) is 0 Å². The summed E-state index contributed by atoms with van der Waals surface area (Å²) in [5.41, 5.74) is 4.46. The standard InChI is InChI=1S/C24H28N2O2/c1-15(2)13-23(27)25-16-11-12-21-20(14-16)17-8-6-9-18(17)24(26-21)19-7-4-5-10-22(19)28-3/h4-8,10-12,14-15,17-18,24,26H,9,13H2,1-3H3,(H,25,27). The minimum Gasteiger partial charge on any atom is -0.496 e. The second kappa shape index (κ2) is 7.70. The fraction of sp³-hybridized carbons (Fsp3) is 0.375. The van der Waals surface area contributed by atoms with Gasteiger partial charge in [-0.2, -0.15) is 0 Å². The molecule has 0 bridgehead atoms. The number of benzene rings is 2. The van der Waals surface area contributed by atoms with E-state index in [1.54, 1.807) is 7.11 Å². The minimum absolute atomic E-state index is 0.0733. The van der Waals surface area contributed by atoms with Gasteiger partial charge in [0, 0.05) is 29.3 Å². The molecule has 4 heteroatoms. The van der Waals surface area contributed by atoms with Gasteiger partial charge in [0.25, 0.3) is 0 Å². The van der Waals surface area contributed by atoms with Crippen molar-refractivity contribution in [1.29, 1.82) is 0 Å². The zero-order chi connectivity index (χ0) is 19.7. The van der Waals surface area contributed by atoms with Gasteiger partial charge in [0.05, 0.1) is 13.2 Å². The van der Waals surface area contributed by atoms with E-state index in [2.05, 4.69) is 60.9 Å². The Balaban J connectivity index is 1.64. The van der Waals surface area contributed by atoms with E-state index in [0.717, 1.165) is 23.5 Å². The third kappa shape index (κ3) is 3.51. The molecule has 4 rings (SSSR count). The lowest BCUT2D eigenvalue weighted by atomic mass is 9.76. The molecule has 2 aromatic rings. The number of hydrogen-bond donors (Lipinski definition) is 2. The number of para-hydroxylation sites is 1. The van der Waals surface area contributed by atoms with Crippen molar-refractivity contribution in [2.75, 3.05) is 17.7 Å². The number of rotatable bonds is 5. The van der Waals surface area contributed by atoms with E-state index in [0.29, 0.717) is 24.2 Å². The monoisotopic (exact) mass is 376 g/mol. The molecule has 0 spiro atoms. The van der Waals surface area contributed by atoms with E-state index < -0.39 is 0 Å². The summed E-state index contributed by atoms with van der Waals surface area (Å²) in [6, 6.07) is 14.7. The van der Waals surface area contributed by atoms with E-state index in [1.807, 2.05) is 18.2 Å². The number of methoxy groups -OCH3 is 1. The van der Waals surface area contributed by atoms with E-state index in [1.165, 1.54) is 11.1 Å². The summed E-state index contributed by atoms with van der Waals surface area (Å²) in [5.74, 6) is 2.12. The van der Waals surface area contributed by atoms with Gasteiger partial charge in [-0.15, -0.1) is 0 Å². The highest BCUT2D eigenvalue weighted by molar-refractivity contribution is 5.91. The highest BCUT2D eigenvalue weighted by Crippen LogP contribution is 2.51. The third-order valence-corrected chi connectivity index (χ3v) is 5.71. The van der Waals surface area contributed by atoms with Crippen LogP contribution in [-0.4, -0.2) is 13.0 Å². The maximum absolute atomic E-state index is 12.2. The zero-order valence-corrected chi connectivity index (χ0v) is 16.7. The number of nitrogens with one attached hydrogen (secondary N) is 2. The Bertz CT molecular complexity index is 903. The lowest BCUT2D eigenvalue weighted by molar-refractivity contribution is -0.116. The number of anilines is 2. The van der Waals surface area contributed by atoms with Crippen LogP contribution < -0.4 is 15.4 Å². The number of carbonyl (C=O) groups excluding carboxylic acids is 1. The Kier molecular flexibility index (Phi) is 5.12. The lowest BCUT2D eigenvalue weighted by Crippen LogP contribution is -2.29. The summed E-state index contributed by atoms with van der Waals surface area (Å²) in [7, 11) is 1.73. The molecular weight excluding hydrogens is 348 g/mol. The van der Waals surface area contributed by atoms with Gasteiger partial charge in [0.2, 0.25) is 5.91 Å². The van der Waals surface area contributed by atoms with Crippen LogP contribution in [0.3, 0.4) is 0 Å². The van der Waals surface area contributed by atoms with Crippen LogP contribution in [0.1, 0.15) is 49.8 Å². The van der Waals surface area contributed by atoms with Crippen molar-refractivity contribution in [3.63, 3.8) is 0 Å². The third-order valence-electron chi connectivity index (χ3n) is 5.71. The van der Waals surface area contributed by atoms with Crippen LogP contribution in [0.2, 0.25) is 0 Å². The second-order valence-corrected chi connectivity index (χ2v) is 8.17. The number of carbonyl (C=O) groups is 1. The van der Waals surface area contributed by atoms with Gasteiger partial charge in [0.1, 0.15) is 5.75 Å². The van der Waals surface area contributed by atoms with Gasteiger partial charge in [-0.1, -0.05) is 44.2 Å². The van der Waals surface area contributed by atoms with E-state index >= 15 is 0 Å². The number of fused-ring (bicyclic) bond motifs is 3. The molecule has 3 unspecified atom stereocenters. The van der Waals surface area contributed by atoms with E-state index in [9.17, 15) is 4.79 Å². The summed E-state index contributed by atoms with van der Waals surface area (Å²) in [4.78, 5) is 12.2. The largest absolute Gasteiger partial charge is 0.496 e. The number of allylic oxidation sites excluding steroid dienone is 2. The first-order valence-electron chi connectivity index (χ1n) is 10.1. The van der Waals surface area contributed by atoms with Crippen LogP contribution in [0.4, 0.5) is 11.4 Å². The molecule has 0 fully saturated rings. The van der Waals surface area contributed by atoms with Crippen molar-refractivity contribution >= 4 is 17.3 Å². The SMILES string of the molecule is COc1ccccc1C1Nc2ccc(NC(=O)CC(C)C)cc2C2C=CCC21. The Morgan fingerprint density at radius 1 is 1.21 bits per heavy atom. The minimum atomic E-state index is 0.0733. The van der Waals surface area contributed by atoms with Crippen LogP contribution in [0.25, 0.3) is 0 Å². The first-order chi connectivity index (χ1) is 13.6. The first-order valence-corrected chi connectivity index (χ1v) is 10.1. The quantitative estimate of drug-likeness (QED) is 0.677. The predicted molar refractivity (Wildman–Crippen MR) is 114 cm³/mol. The van der Waals surface area contributed by atoms with Gasteiger partial charge in [-0.3, -0.25) is 4.79 Å². The van der Waals surface area contributed by atoms with Gasteiger partial charge in [0.15, 0.2) is 0 Å². The predicted octanol–water partition coefficient (Wildman–Crippen LogP) is 5.51. The number of hydrogen-bond acceptors (Lipinski definition) is 3. The molecule has 0 saturated carbocycles. The molecule has 28 heavy (non-hydrogen) atoms. The Labute approximate surface area is 167 Å². The molecule has 1 aliphatic carbocycles. The Morgan fingerprint density at radius 2 is 2.04 bits per heavy atom. The molecule has 1 amide bonds. The molecule has 0 aromatic heterocycles. The maximum atomic E-state index is 12.2. The summed E-state index contributed by atoms with van der Waals surface area (Å²) in [5, 5.41) is 6.79. The van der Waals surface area contributed by atoms with Crippen molar-refractivity contribution < 1.29 is 9.53 Å². The molecule has 2 aliphatic rings. The topological polar surface area (TPSA) is 50.4 Å². The van der Waals surface area contributed by atoms with Crippen LogP contribution in [-0.2, 0) is 4.79 Å². The van der Waals surface area contributed by atoms with E-state index in [4.69, 9.17) is 4.74 Å². The van der Waals surface area contributed by atoms with Gasteiger partial charge < -0.3 is 15.4 Å². The van der Waals surface area contributed by atoms with Crippen LogP contribution in [0.5, 0.6) is 5.75 Å². The van der Waals surface area contributed by atoms with Gasteiger partial charge in [-0.25, -0.2) is 0 Å². The van der Waals surface area contributed by atoms with Crippen molar-refractivity contribution in [3.05, 3.63) is 65.7 Å². The molecule has 3 atom stereocenters. The highest BCUT2D eigenvalue weighted by atomic mass is 16.5. The molecule has 0 radical (unpaired) electrons. The Morgan fingerprint density at radius 3 is 2.82 bits per heavy atom. The normalized spacial score (nSPS) is 22.4. The fourth-order valence-corrected chi connectivity index (χ4v) is 4.49. The summed E-state index contributed by atoms with van der Waals surface area (Å²) in [6.45, 7) is 4.12. The van der Waals surface area contributed by atoms with Crippen molar-refractivity contribution in [3.8, 4) is 5.75 Å². The number of ether oxygens (including phenoxy) is 1. The average molecular weight is 377 g/mol. The van der Waals surface area contributed by atoms with Crippen molar-refractivity contribution in [2.24, 2.45) is 11.8 Å². The van der Waals surface area contributed by atoms with Crippen LogP contribution in [0, 0.1) is 11.8 Å². The molecule has 2 aromatic carbocycles. The molecule has 146 valence electrons. The first kappa shape index (κ1) is 18.6. The highest BCUT2D eigenvalue weighted by Gasteiger charge is 2.39. The Hall–Kier alpha value is -2.75. The van der Waals surface area contributed by atoms with Gasteiger partial charge >= 0.3 is 0 Å². The molecule has 1 aliphatic heterocycles. The fourth-order valence-electron chi connectivity index (χ4n) is 4.49. The van der Waals surface area contributed by atoms with Crippen LogP contribution >= 0.6 is 0 Å². The molecule has 4 nitrogen and oxygen atoms in total. The average Bonchev–Trinajstić information content (AvgIpc) is 3.17. The summed E-state index contributed by atoms with van der Waals surface area (Å²) >= 11 is 0. The molecular formula is C24H28N2O2. The molecule has 0 saturated heterocycles. The van der Waals surface area contributed by atoms with Crippen LogP contribution in [0.15, 0.2) is 54.6 Å². The zero-order valence-electron chi connectivity index (χ0n) is 16.7. The van der Waals surface area contributed by atoms with Crippen molar-refractivity contribution in [2.45, 2.75) is 38.6 Å². The molecule has 2 N–H and O–H groups in total.